The average molecular weight is 213 g/mol. The van der Waals surface area contributed by atoms with E-state index in [1.54, 1.807) is 0 Å². The molecule has 1 aliphatic carbocycles. The van der Waals surface area contributed by atoms with Crippen LogP contribution in [0.3, 0.4) is 0 Å². The third-order valence-electron chi connectivity index (χ3n) is 3.98. The second-order valence-electron chi connectivity index (χ2n) is 5.59. The predicted molar refractivity (Wildman–Crippen MR) is 65.0 cm³/mol. The molecule has 0 heterocycles. The Kier molecular flexibility index (Phi) is 4.60. The van der Waals surface area contributed by atoms with Gasteiger partial charge in [0.05, 0.1) is 5.60 Å². The quantitative estimate of drug-likeness (QED) is 0.776. The smallest absolute Gasteiger partial charge is 0.0743 e. The molecular weight excluding hydrogens is 186 g/mol. The van der Waals surface area contributed by atoms with Gasteiger partial charge in [-0.3, -0.25) is 0 Å². The molecule has 90 valence electrons. The Labute approximate surface area is 94.7 Å². The number of likely N-dealkylation sites (N-methyl/N-ethyl adjacent to an activating group) is 1. The molecule has 0 aromatic rings. The lowest BCUT2D eigenvalue weighted by Crippen LogP contribution is -2.46. The summed E-state index contributed by atoms with van der Waals surface area (Å²) in [4.78, 5) is 2.37. The van der Waals surface area contributed by atoms with Crippen molar-refractivity contribution in [3.63, 3.8) is 0 Å². The van der Waals surface area contributed by atoms with Crippen LogP contribution in [0.15, 0.2) is 0 Å². The summed E-state index contributed by atoms with van der Waals surface area (Å²) in [6, 6.07) is 0.678. The van der Waals surface area contributed by atoms with Crippen LogP contribution in [0.4, 0.5) is 0 Å². The van der Waals surface area contributed by atoms with Gasteiger partial charge in [0.15, 0.2) is 0 Å². The monoisotopic (exact) mass is 213 g/mol. The number of hydrogen-bond acceptors (Lipinski definition) is 2. The molecule has 2 nitrogen and oxygen atoms in total. The van der Waals surface area contributed by atoms with E-state index < -0.39 is 5.60 Å². The maximum absolute atomic E-state index is 10.1. The van der Waals surface area contributed by atoms with E-state index in [1.165, 1.54) is 25.7 Å². The van der Waals surface area contributed by atoms with E-state index in [0.717, 1.165) is 18.9 Å². The lowest BCUT2D eigenvalue weighted by atomic mass is 9.84. The summed E-state index contributed by atoms with van der Waals surface area (Å²) >= 11 is 0. The van der Waals surface area contributed by atoms with Crippen LogP contribution < -0.4 is 0 Å². The summed E-state index contributed by atoms with van der Waals surface area (Å²) in [5.41, 5.74) is -0.522. The van der Waals surface area contributed by atoms with Crippen LogP contribution in [0.2, 0.25) is 0 Å². The summed E-state index contributed by atoms with van der Waals surface area (Å²) in [6.07, 6.45) is 6.22. The molecule has 0 bridgehead atoms. The van der Waals surface area contributed by atoms with Gasteiger partial charge >= 0.3 is 0 Å². The topological polar surface area (TPSA) is 23.5 Å². The van der Waals surface area contributed by atoms with Gasteiger partial charge in [-0.15, -0.1) is 0 Å². The zero-order valence-electron chi connectivity index (χ0n) is 10.8. The molecule has 1 N–H and O–H groups in total. The van der Waals surface area contributed by atoms with Gasteiger partial charge in [-0.05, 0) is 39.2 Å². The molecule has 0 aromatic heterocycles. The molecule has 0 saturated heterocycles. The largest absolute Gasteiger partial charge is 0.389 e. The molecule has 0 aliphatic heterocycles. The van der Waals surface area contributed by atoms with Gasteiger partial charge in [-0.1, -0.05) is 26.7 Å². The van der Waals surface area contributed by atoms with Crippen LogP contribution in [0.1, 0.15) is 52.9 Å². The first kappa shape index (κ1) is 13.0. The minimum Gasteiger partial charge on any atom is -0.389 e. The van der Waals surface area contributed by atoms with Crippen LogP contribution in [0.25, 0.3) is 0 Å². The maximum atomic E-state index is 10.1. The predicted octanol–water partition coefficient (Wildman–Crippen LogP) is 2.66. The highest BCUT2D eigenvalue weighted by molar-refractivity contribution is 4.83. The van der Waals surface area contributed by atoms with Crippen molar-refractivity contribution >= 4 is 0 Å². The van der Waals surface area contributed by atoms with E-state index in [-0.39, 0.29) is 0 Å². The Hall–Kier alpha value is -0.0800. The van der Waals surface area contributed by atoms with Crippen molar-refractivity contribution < 1.29 is 5.11 Å². The molecule has 0 radical (unpaired) electrons. The standard InChI is InChI=1S/C13H27NO/c1-5-13(3,15)10-14(4)12-9-7-6-8-11(12)2/h11-12,15H,5-10H2,1-4H3. The molecule has 3 atom stereocenters. The molecule has 1 aliphatic rings. The fourth-order valence-corrected chi connectivity index (χ4v) is 2.72. The Morgan fingerprint density at radius 2 is 1.93 bits per heavy atom. The van der Waals surface area contributed by atoms with Gasteiger partial charge in [0.1, 0.15) is 0 Å². The third kappa shape index (κ3) is 3.76. The molecule has 3 unspecified atom stereocenters. The molecule has 0 spiro atoms. The number of aliphatic hydroxyl groups is 1. The van der Waals surface area contributed by atoms with Crippen LogP contribution in [0, 0.1) is 5.92 Å². The fourth-order valence-electron chi connectivity index (χ4n) is 2.72. The van der Waals surface area contributed by atoms with E-state index in [2.05, 4.69) is 25.8 Å². The third-order valence-corrected chi connectivity index (χ3v) is 3.98. The maximum Gasteiger partial charge on any atom is 0.0743 e. The molecular formula is C13H27NO. The van der Waals surface area contributed by atoms with Crippen LogP contribution in [0.5, 0.6) is 0 Å². The van der Waals surface area contributed by atoms with Gasteiger partial charge in [0.2, 0.25) is 0 Å². The molecule has 1 saturated carbocycles. The van der Waals surface area contributed by atoms with Crippen molar-refractivity contribution in [1.82, 2.24) is 4.90 Å². The second-order valence-corrected chi connectivity index (χ2v) is 5.59. The molecule has 0 amide bonds. The molecule has 2 heteroatoms. The van der Waals surface area contributed by atoms with E-state index in [1.807, 2.05) is 6.92 Å². The number of nitrogens with zero attached hydrogens (tertiary/aromatic N) is 1. The molecule has 0 aromatic carbocycles. The first-order valence-electron chi connectivity index (χ1n) is 6.39. The van der Waals surface area contributed by atoms with Crippen LogP contribution in [-0.4, -0.2) is 35.2 Å². The zero-order valence-corrected chi connectivity index (χ0v) is 10.8. The number of rotatable bonds is 4. The van der Waals surface area contributed by atoms with E-state index in [0.29, 0.717) is 6.04 Å². The van der Waals surface area contributed by atoms with E-state index in [4.69, 9.17) is 0 Å². The molecule has 1 fully saturated rings. The second kappa shape index (κ2) is 5.31. The first-order chi connectivity index (χ1) is 6.96. The van der Waals surface area contributed by atoms with Gasteiger partial charge in [-0.2, -0.15) is 0 Å². The van der Waals surface area contributed by atoms with E-state index >= 15 is 0 Å². The first-order valence-corrected chi connectivity index (χ1v) is 6.39. The minimum absolute atomic E-state index is 0.522. The van der Waals surface area contributed by atoms with Crippen molar-refractivity contribution in [1.29, 1.82) is 0 Å². The average Bonchev–Trinajstić information content (AvgIpc) is 2.17. The van der Waals surface area contributed by atoms with Crippen molar-refractivity contribution in [2.75, 3.05) is 13.6 Å². The normalized spacial score (nSPS) is 31.6. The van der Waals surface area contributed by atoms with Gasteiger partial charge in [0.25, 0.3) is 0 Å². The summed E-state index contributed by atoms with van der Waals surface area (Å²) in [5, 5.41) is 10.1. The van der Waals surface area contributed by atoms with E-state index in [9.17, 15) is 5.11 Å². The summed E-state index contributed by atoms with van der Waals surface area (Å²) < 4.78 is 0. The lowest BCUT2D eigenvalue weighted by Gasteiger charge is -2.39. The zero-order chi connectivity index (χ0) is 11.5. The Morgan fingerprint density at radius 1 is 1.33 bits per heavy atom. The number of hydrogen-bond donors (Lipinski definition) is 1. The molecule has 15 heavy (non-hydrogen) atoms. The van der Waals surface area contributed by atoms with Crippen LogP contribution >= 0.6 is 0 Å². The Bertz CT molecular complexity index is 191. The highest BCUT2D eigenvalue weighted by Crippen LogP contribution is 2.28. The van der Waals surface area contributed by atoms with Gasteiger partial charge in [0, 0.05) is 12.6 Å². The highest BCUT2D eigenvalue weighted by atomic mass is 16.3. The lowest BCUT2D eigenvalue weighted by molar-refractivity contribution is -0.00110. The summed E-state index contributed by atoms with van der Waals surface area (Å²) in [5.74, 6) is 0.788. The Morgan fingerprint density at radius 3 is 2.47 bits per heavy atom. The molecule has 1 rings (SSSR count). The summed E-state index contributed by atoms with van der Waals surface area (Å²) in [7, 11) is 2.16. The van der Waals surface area contributed by atoms with Crippen molar-refractivity contribution in [2.24, 2.45) is 5.92 Å². The Balaban J connectivity index is 2.48. The summed E-state index contributed by atoms with van der Waals surface area (Å²) in [6.45, 7) is 7.15. The highest BCUT2D eigenvalue weighted by Gasteiger charge is 2.29. The van der Waals surface area contributed by atoms with Crippen molar-refractivity contribution in [3.05, 3.63) is 0 Å². The minimum atomic E-state index is -0.522. The fraction of sp³-hybridized carbons (Fsp3) is 1.00. The van der Waals surface area contributed by atoms with Gasteiger partial charge in [-0.25, -0.2) is 0 Å². The van der Waals surface area contributed by atoms with Gasteiger partial charge < -0.3 is 10.0 Å². The van der Waals surface area contributed by atoms with Crippen molar-refractivity contribution in [3.8, 4) is 0 Å². The van der Waals surface area contributed by atoms with Crippen molar-refractivity contribution in [2.45, 2.75) is 64.5 Å². The SMILES string of the molecule is CCC(C)(O)CN(C)C1CCCCC1C. The van der Waals surface area contributed by atoms with Crippen LogP contribution in [-0.2, 0) is 0 Å².